The monoisotopic (exact) mass is 492 g/mol. The highest BCUT2D eigenvalue weighted by atomic mass is 28.4. The van der Waals surface area contributed by atoms with Gasteiger partial charge in [0, 0.05) is 12.1 Å². The van der Waals surface area contributed by atoms with E-state index in [1.165, 1.54) is 6.42 Å². The van der Waals surface area contributed by atoms with Gasteiger partial charge in [-0.05, 0) is 84.7 Å². The Hall–Kier alpha value is 0.258. The summed E-state index contributed by atoms with van der Waals surface area (Å²) in [6.07, 6.45) is 2.15. The van der Waals surface area contributed by atoms with Crippen molar-refractivity contribution >= 4 is 39.2 Å². The second-order valence-electron chi connectivity index (χ2n) is 12.4. The Bertz CT molecular complexity index is 538. The molecule has 1 fully saturated rings. The van der Waals surface area contributed by atoms with Crippen LogP contribution in [0.5, 0.6) is 0 Å². The summed E-state index contributed by atoms with van der Waals surface area (Å²) >= 11 is 0. The van der Waals surface area contributed by atoms with Crippen LogP contribution in [0.2, 0.25) is 76.6 Å². The summed E-state index contributed by atoms with van der Waals surface area (Å²) in [5, 5.41) is 0. The van der Waals surface area contributed by atoms with Gasteiger partial charge in [0.2, 0.25) is 0 Å². The van der Waals surface area contributed by atoms with Gasteiger partial charge in [-0.3, -0.25) is 4.79 Å². The molecular formula is C22H52O4Si4. The molecule has 1 aliphatic rings. The molecule has 4 nitrogen and oxygen atoms in total. The van der Waals surface area contributed by atoms with Crippen LogP contribution in [0, 0.1) is 5.41 Å². The van der Waals surface area contributed by atoms with Crippen LogP contribution >= 0.6 is 0 Å². The first kappa shape index (κ1) is 30.3. The van der Waals surface area contributed by atoms with Crippen molar-refractivity contribution in [3.63, 3.8) is 0 Å². The number of esters is 1. The Morgan fingerprint density at radius 1 is 1.03 bits per heavy atom. The molecule has 8 heteroatoms. The molecule has 1 heterocycles. The highest BCUT2D eigenvalue weighted by Gasteiger charge is 2.44. The zero-order chi connectivity index (χ0) is 24.2. The second-order valence-corrected chi connectivity index (χ2v) is 30.3. The molecule has 1 rings (SSSR count). The number of carbonyl (C=O) groups excluding carboxylic acids is 1. The van der Waals surface area contributed by atoms with Crippen molar-refractivity contribution in [2.75, 3.05) is 0 Å². The zero-order valence-electron chi connectivity index (χ0n) is 22.6. The van der Waals surface area contributed by atoms with E-state index in [4.69, 9.17) is 13.0 Å². The topological polar surface area (TPSA) is 44.8 Å². The van der Waals surface area contributed by atoms with E-state index in [0.717, 1.165) is 24.1 Å². The van der Waals surface area contributed by atoms with Crippen molar-refractivity contribution in [2.24, 2.45) is 5.41 Å². The molecule has 0 amide bonds. The summed E-state index contributed by atoms with van der Waals surface area (Å²) in [5.41, 5.74) is 0.416. The van der Waals surface area contributed by atoms with Crippen LogP contribution < -0.4 is 0 Å². The fourth-order valence-electron chi connectivity index (χ4n) is 3.92. The van der Waals surface area contributed by atoms with Crippen molar-refractivity contribution in [3.8, 4) is 0 Å². The number of hydrogen-bond acceptors (Lipinski definition) is 4. The van der Waals surface area contributed by atoms with Crippen molar-refractivity contribution in [1.82, 2.24) is 0 Å². The van der Waals surface area contributed by atoms with E-state index < -0.39 is 33.3 Å². The van der Waals surface area contributed by atoms with Gasteiger partial charge in [0.1, 0.15) is 6.10 Å². The third-order valence-electron chi connectivity index (χ3n) is 6.07. The summed E-state index contributed by atoms with van der Waals surface area (Å²) in [5.74, 6) is -0.0495. The molecule has 0 aromatic rings. The van der Waals surface area contributed by atoms with Crippen LogP contribution in [0.4, 0.5) is 0 Å². The van der Waals surface area contributed by atoms with E-state index in [9.17, 15) is 4.79 Å². The zero-order valence-corrected chi connectivity index (χ0v) is 26.6. The average Bonchev–Trinajstić information content (AvgIpc) is 2.49. The lowest BCUT2D eigenvalue weighted by molar-refractivity contribution is -0.158. The quantitative estimate of drug-likeness (QED) is 0.271. The van der Waals surface area contributed by atoms with Gasteiger partial charge in [0.25, 0.3) is 0 Å². The summed E-state index contributed by atoms with van der Waals surface area (Å²) in [6, 6.07) is 1.88. The smallest absolute Gasteiger partial charge is 0.311 e. The predicted octanol–water partition coefficient (Wildman–Crippen LogP) is 7.62. The van der Waals surface area contributed by atoms with Gasteiger partial charge in [0.05, 0.1) is 5.41 Å². The molecule has 0 saturated carbocycles. The van der Waals surface area contributed by atoms with E-state index in [-0.39, 0.29) is 17.5 Å². The molecule has 1 aliphatic heterocycles. The van der Waals surface area contributed by atoms with Crippen molar-refractivity contribution in [1.29, 1.82) is 0 Å². The summed E-state index contributed by atoms with van der Waals surface area (Å²) in [4.78, 5) is 12.2. The third kappa shape index (κ3) is 11.2. The van der Waals surface area contributed by atoms with Crippen LogP contribution in [0.25, 0.3) is 0 Å². The second kappa shape index (κ2) is 10.9. The predicted molar refractivity (Wildman–Crippen MR) is 141 cm³/mol. The van der Waals surface area contributed by atoms with Gasteiger partial charge >= 0.3 is 5.97 Å². The minimum Gasteiger partial charge on any atom is -0.462 e. The molecule has 0 bridgehead atoms. The maximum atomic E-state index is 12.2. The fraction of sp³-hybridized carbons (Fsp3) is 0.955. The van der Waals surface area contributed by atoms with Gasteiger partial charge in [-0.15, -0.1) is 0 Å². The number of hydrogen-bond donors (Lipinski definition) is 0. The van der Waals surface area contributed by atoms with Crippen molar-refractivity contribution < 1.29 is 17.8 Å². The maximum Gasteiger partial charge on any atom is 0.311 e. The highest BCUT2D eigenvalue weighted by Crippen LogP contribution is 2.35. The van der Waals surface area contributed by atoms with Gasteiger partial charge in [-0.1, -0.05) is 27.2 Å². The van der Waals surface area contributed by atoms with E-state index in [2.05, 4.69) is 72.8 Å². The molecule has 180 valence electrons. The van der Waals surface area contributed by atoms with Gasteiger partial charge in [0.15, 0.2) is 33.3 Å². The van der Waals surface area contributed by atoms with Gasteiger partial charge in [-0.25, -0.2) is 0 Å². The first-order valence-electron chi connectivity index (χ1n) is 11.8. The molecule has 0 radical (unpaired) electrons. The molecule has 0 aromatic carbocycles. The molecule has 0 spiro atoms. The molecule has 30 heavy (non-hydrogen) atoms. The minimum absolute atomic E-state index is 0.0495. The van der Waals surface area contributed by atoms with Crippen LogP contribution in [0.1, 0.15) is 47.5 Å². The summed E-state index contributed by atoms with van der Waals surface area (Å²) in [7, 11) is -5.97. The van der Waals surface area contributed by atoms with E-state index >= 15 is 0 Å². The van der Waals surface area contributed by atoms with Crippen molar-refractivity contribution in [2.45, 2.75) is 130 Å². The van der Waals surface area contributed by atoms with Crippen LogP contribution in [-0.2, 0) is 17.8 Å². The summed E-state index contributed by atoms with van der Waals surface area (Å²) in [6.45, 7) is 31.0. The Morgan fingerprint density at radius 2 is 1.47 bits per heavy atom. The summed E-state index contributed by atoms with van der Waals surface area (Å²) < 4.78 is 18.3. The number of rotatable bonds is 7. The number of carbonyl (C=O) groups is 1. The fourth-order valence-corrected chi connectivity index (χ4v) is 21.6. The number of ether oxygens (including phenoxy) is 1. The largest absolute Gasteiger partial charge is 0.462 e. The normalized spacial score (nSPS) is 20.7. The van der Waals surface area contributed by atoms with Gasteiger partial charge < -0.3 is 13.0 Å². The Kier molecular flexibility index (Phi) is 11.0. The van der Waals surface area contributed by atoms with E-state index in [1.54, 1.807) is 0 Å². The molecule has 1 saturated heterocycles. The van der Waals surface area contributed by atoms with Crippen LogP contribution in [-0.4, -0.2) is 45.3 Å². The molecule has 0 aromatic heterocycles. The molecule has 1 unspecified atom stereocenters. The first-order valence-corrected chi connectivity index (χ1v) is 24.4. The van der Waals surface area contributed by atoms with Gasteiger partial charge in [-0.2, -0.15) is 0 Å². The van der Waals surface area contributed by atoms with Crippen molar-refractivity contribution in [3.05, 3.63) is 0 Å². The third-order valence-corrected chi connectivity index (χ3v) is 20.7. The molecule has 1 atom stereocenters. The maximum absolute atomic E-state index is 12.2. The lowest BCUT2D eigenvalue weighted by atomic mass is 9.91. The minimum atomic E-state index is -1.64. The van der Waals surface area contributed by atoms with E-state index in [0.29, 0.717) is 0 Å². The molecule has 0 aliphatic carbocycles. The molecule has 0 N–H and O–H groups in total. The highest BCUT2D eigenvalue weighted by molar-refractivity contribution is 6.86. The lowest BCUT2D eigenvalue weighted by Crippen LogP contribution is -2.54. The Balaban J connectivity index is 0.000000612. The average molecular weight is 493 g/mol. The first-order chi connectivity index (χ1) is 13.2. The standard InChI is InChI=1S/C13H28O3Si2.C9H24OSi2/c1-8-13(2,3)12(14)15-11-9-17(4,5)16-18(6,7)10-11;1-8-9(2)12(6,7)10-11(3,4)5/h11H,8-10H2,1-7H3;9H,8H2,1-7H3. The molecular weight excluding hydrogens is 441 g/mol. The SMILES string of the molecule is CCC(C)(C)C(=O)OC1C[Si](C)(C)O[Si](C)(C)C1.CCC(C)[Si](C)(C)O[Si](C)(C)C. The lowest BCUT2D eigenvalue weighted by Gasteiger charge is -2.43. The van der Waals surface area contributed by atoms with Crippen LogP contribution in [0.15, 0.2) is 0 Å². The Morgan fingerprint density at radius 3 is 1.80 bits per heavy atom. The van der Waals surface area contributed by atoms with E-state index in [1.807, 2.05) is 20.8 Å². The Labute approximate surface area is 192 Å². The van der Waals surface area contributed by atoms with Crippen LogP contribution in [0.3, 0.4) is 0 Å².